The minimum Gasteiger partial charge on any atom is -0.496 e. The molecule has 1 heterocycles. The molecule has 0 aromatic heterocycles. The van der Waals surface area contributed by atoms with Crippen LogP contribution in [-0.4, -0.2) is 65.4 Å². The Labute approximate surface area is 191 Å². The second kappa shape index (κ2) is 11.6. The van der Waals surface area contributed by atoms with Crippen molar-refractivity contribution in [3.8, 4) is 17.2 Å². The van der Waals surface area contributed by atoms with Gasteiger partial charge in [-0.1, -0.05) is 17.7 Å². The minimum atomic E-state index is 0.790. The van der Waals surface area contributed by atoms with Gasteiger partial charge in [-0.05, 0) is 54.7 Å². The van der Waals surface area contributed by atoms with Crippen LogP contribution in [0.5, 0.6) is 17.2 Å². The lowest BCUT2D eigenvalue weighted by Crippen LogP contribution is -2.43. The summed E-state index contributed by atoms with van der Waals surface area (Å²) in [6.07, 6.45) is 1.89. The molecule has 0 radical (unpaired) electrons. The summed E-state index contributed by atoms with van der Waals surface area (Å²) in [5.74, 6) is 3.35. The molecule has 0 unspecified atom stereocenters. The van der Waals surface area contributed by atoms with E-state index in [1.165, 1.54) is 22.3 Å². The molecule has 1 aliphatic heterocycles. The molecule has 0 fully saturated rings. The molecule has 3 rings (SSSR count). The summed E-state index contributed by atoms with van der Waals surface area (Å²) in [6.45, 7) is 6.61. The highest BCUT2D eigenvalue weighted by atomic mass is 16.5. The smallest absolute Gasteiger partial charge is 0.191 e. The Morgan fingerprint density at radius 3 is 2.31 bits per heavy atom. The summed E-state index contributed by atoms with van der Waals surface area (Å²) in [7, 11) is 6.89. The molecule has 0 bridgehead atoms. The third-order valence-electron chi connectivity index (χ3n) is 5.86. The first kappa shape index (κ1) is 23.7. The summed E-state index contributed by atoms with van der Waals surface area (Å²) >= 11 is 0. The third kappa shape index (κ3) is 6.07. The normalized spacial score (nSPS) is 14.0. The van der Waals surface area contributed by atoms with Crippen LogP contribution in [0.15, 0.2) is 35.3 Å². The number of nitrogens with one attached hydrogen (secondary N) is 2. The van der Waals surface area contributed by atoms with Crippen molar-refractivity contribution in [2.45, 2.75) is 26.3 Å². The van der Waals surface area contributed by atoms with Gasteiger partial charge in [0.05, 0.1) is 21.3 Å². The van der Waals surface area contributed by atoms with Gasteiger partial charge in [0, 0.05) is 39.8 Å². The minimum absolute atomic E-state index is 0.790. The number of hydrogen-bond donors (Lipinski definition) is 2. The fourth-order valence-corrected chi connectivity index (χ4v) is 4.10. The van der Waals surface area contributed by atoms with E-state index in [1.807, 2.05) is 6.07 Å². The van der Waals surface area contributed by atoms with E-state index in [9.17, 15) is 0 Å². The van der Waals surface area contributed by atoms with Gasteiger partial charge in [-0.25, -0.2) is 0 Å². The number of rotatable bonds is 9. The van der Waals surface area contributed by atoms with Crippen LogP contribution in [-0.2, 0) is 19.4 Å². The van der Waals surface area contributed by atoms with Crippen LogP contribution in [0, 0.1) is 6.92 Å². The summed E-state index contributed by atoms with van der Waals surface area (Å²) in [5, 5.41) is 6.83. The van der Waals surface area contributed by atoms with E-state index in [0.29, 0.717) is 0 Å². The highest BCUT2D eigenvalue weighted by Crippen LogP contribution is 2.33. The number of methoxy groups -OCH3 is 3. The number of hydrogen-bond acceptors (Lipinski definition) is 5. The Bertz CT molecular complexity index is 930. The predicted molar refractivity (Wildman–Crippen MR) is 129 cm³/mol. The Hall–Kier alpha value is -2.93. The van der Waals surface area contributed by atoms with Gasteiger partial charge in [0.15, 0.2) is 17.5 Å². The Morgan fingerprint density at radius 2 is 1.62 bits per heavy atom. The number of aryl methyl sites for hydroxylation is 1. The molecular formula is C25H36N4O3. The maximum atomic E-state index is 5.47. The van der Waals surface area contributed by atoms with Gasteiger partial charge in [-0.2, -0.15) is 0 Å². The van der Waals surface area contributed by atoms with Crippen molar-refractivity contribution in [3.63, 3.8) is 0 Å². The summed E-state index contributed by atoms with van der Waals surface area (Å²) in [6, 6.07) is 10.5. The monoisotopic (exact) mass is 440 g/mol. The molecule has 0 spiro atoms. The van der Waals surface area contributed by atoms with Gasteiger partial charge < -0.3 is 24.8 Å². The summed E-state index contributed by atoms with van der Waals surface area (Å²) in [4.78, 5) is 6.80. The van der Waals surface area contributed by atoms with Crippen molar-refractivity contribution >= 4 is 5.96 Å². The molecule has 0 saturated carbocycles. The zero-order valence-electron chi connectivity index (χ0n) is 20.0. The van der Waals surface area contributed by atoms with Crippen LogP contribution < -0.4 is 24.8 Å². The van der Waals surface area contributed by atoms with E-state index in [4.69, 9.17) is 14.2 Å². The molecule has 32 heavy (non-hydrogen) atoms. The number of fused-ring (bicyclic) bond motifs is 1. The lowest BCUT2D eigenvalue weighted by atomic mass is 9.99. The van der Waals surface area contributed by atoms with Gasteiger partial charge in [0.2, 0.25) is 0 Å². The molecule has 0 amide bonds. The molecular weight excluding hydrogens is 404 g/mol. The van der Waals surface area contributed by atoms with Crippen LogP contribution in [0.4, 0.5) is 0 Å². The van der Waals surface area contributed by atoms with Crippen LogP contribution in [0.2, 0.25) is 0 Å². The molecule has 2 aromatic rings. The fraction of sp³-hybridized carbons (Fsp3) is 0.480. The van der Waals surface area contributed by atoms with Gasteiger partial charge in [0.25, 0.3) is 0 Å². The maximum absolute atomic E-state index is 5.47. The zero-order valence-corrected chi connectivity index (χ0v) is 20.0. The second-order valence-electron chi connectivity index (χ2n) is 7.99. The van der Waals surface area contributed by atoms with E-state index in [-0.39, 0.29) is 0 Å². The quantitative estimate of drug-likeness (QED) is 0.462. The summed E-state index contributed by atoms with van der Waals surface area (Å²) in [5.41, 5.74) is 5.09. The lowest BCUT2D eigenvalue weighted by Gasteiger charge is -2.29. The molecule has 2 N–H and O–H groups in total. The van der Waals surface area contributed by atoms with E-state index in [2.05, 4.69) is 51.7 Å². The van der Waals surface area contributed by atoms with Gasteiger partial charge in [-0.3, -0.25) is 9.89 Å². The SMILES string of the molecule is CN=C(NCCc1cc(C)ccc1OC)NCCN1CCc2cc(OC)c(OC)cc2C1. The average molecular weight is 441 g/mol. The molecule has 1 aliphatic rings. The van der Waals surface area contributed by atoms with Crippen LogP contribution in [0.25, 0.3) is 0 Å². The predicted octanol–water partition coefficient (Wildman–Crippen LogP) is 2.79. The van der Waals surface area contributed by atoms with E-state index in [1.54, 1.807) is 28.4 Å². The van der Waals surface area contributed by atoms with Crippen molar-refractivity contribution in [1.82, 2.24) is 15.5 Å². The fourth-order valence-electron chi connectivity index (χ4n) is 4.10. The van der Waals surface area contributed by atoms with E-state index < -0.39 is 0 Å². The lowest BCUT2D eigenvalue weighted by molar-refractivity contribution is 0.256. The average Bonchev–Trinajstić information content (AvgIpc) is 2.82. The Kier molecular flexibility index (Phi) is 8.62. The third-order valence-corrected chi connectivity index (χ3v) is 5.86. The Balaban J connectivity index is 1.45. The number of ether oxygens (including phenoxy) is 3. The first-order valence-electron chi connectivity index (χ1n) is 11.1. The van der Waals surface area contributed by atoms with E-state index >= 15 is 0 Å². The van der Waals surface area contributed by atoms with Crippen LogP contribution in [0.3, 0.4) is 0 Å². The number of aliphatic imine (C=N–C) groups is 1. The largest absolute Gasteiger partial charge is 0.496 e. The molecule has 174 valence electrons. The second-order valence-corrected chi connectivity index (χ2v) is 7.99. The first-order valence-corrected chi connectivity index (χ1v) is 11.1. The zero-order chi connectivity index (χ0) is 22.9. The van der Waals surface area contributed by atoms with Crippen molar-refractivity contribution in [1.29, 1.82) is 0 Å². The maximum Gasteiger partial charge on any atom is 0.191 e. The number of guanidine groups is 1. The molecule has 0 atom stereocenters. The van der Waals surface area contributed by atoms with Gasteiger partial charge in [0.1, 0.15) is 5.75 Å². The summed E-state index contributed by atoms with van der Waals surface area (Å²) < 4.78 is 16.4. The Morgan fingerprint density at radius 1 is 0.938 bits per heavy atom. The molecule has 0 aliphatic carbocycles. The number of nitrogens with zero attached hydrogens (tertiary/aromatic N) is 2. The van der Waals surface area contributed by atoms with Crippen molar-refractivity contribution < 1.29 is 14.2 Å². The highest BCUT2D eigenvalue weighted by molar-refractivity contribution is 5.79. The number of benzene rings is 2. The van der Waals surface area contributed by atoms with E-state index in [0.717, 1.165) is 68.8 Å². The van der Waals surface area contributed by atoms with Crippen molar-refractivity contribution in [2.24, 2.45) is 4.99 Å². The van der Waals surface area contributed by atoms with Gasteiger partial charge >= 0.3 is 0 Å². The topological polar surface area (TPSA) is 67.4 Å². The molecule has 7 nitrogen and oxygen atoms in total. The van der Waals surface area contributed by atoms with Crippen molar-refractivity contribution in [2.75, 3.05) is 54.6 Å². The van der Waals surface area contributed by atoms with Crippen molar-refractivity contribution in [3.05, 3.63) is 52.6 Å². The molecule has 0 saturated heterocycles. The van der Waals surface area contributed by atoms with Crippen LogP contribution in [0.1, 0.15) is 22.3 Å². The highest BCUT2D eigenvalue weighted by Gasteiger charge is 2.19. The van der Waals surface area contributed by atoms with Crippen LogP contribution >= 0.6 is 0 Å². The first-order chi connectivity index (χ1) is 15.6. The van der Waals surface area contributed by atoms with Gasteiger partial charge in [-0.15, -0.1) is 0 Å². The standard InChI is InChI=1S/C25H36N4O3/c1-18-6-7-22(30-3)20(14-18)8-10-27-25(26-2)28-11-13-29-12-9-19-15-23(31-4)24(32-5)16-21(19)17-29/h6-7,14-16H,8-13,17H2,1-5H3,(H2,26,27,28). The molecule has 2 aromatic carbocycles. The molecule has 7 heteroatoms.